The number of anilines is 1. The van der Waals surface area contributed by atoms with Gasteiger partial charge in [0.15, 0.2) is 5.82 Å². The van der Waals surface area contributed by atoms with Crippen molar-refractivity contribution in [2.24, 2.45) is 0 Å². The first-order chi connectivity index (χ1) is 11.2. The zero-order chi connectivity index (χ0) is 16.2. The Balaban J connectivity index is 1.87. The first-order valence-electron chi connectivity index (χ1n) is 7.05. The van der Waals surface area contributed by atoms with Crippen LogP contribution >= 0.6 is 0 Å². The van der Waals surface area contributed by atoms with Crippen molar-refractivity contribution in [3.8, 4) is 11.5 Å². The number of hydrogen-bond donors (Lipinski definition) is 1. The Morgan fingerprint density at radius 3 is 2.87 bits per heavy atom. The van der Waals surface area contributed by atoms with Crippen molar-refractivity contribution in [1.82, 2.24) is 10.1 Å². The molecule has 8 heteroatoms. The molecule has 1 aromatic carbocycles. The van der Waals surface area contributed by atoms with Crippen molar-refractivity contribution >= 4 is 11.4 Å². The normalized spacial score (nSPS) is 10.7. The summed E-state index contributed by atoms with van der Waals surface area (Å²) in [6.45, 7) is 2.26. The van der Waals surface area contributed by atoms with Crippen LogP contribution in [0.5, 0.6) is 0 Å². The number of hydrogen-bond acceptors (Lipinski definition) is 7. The fourth-order valence-electron chi connectivity index (χ4n) is 2.08. The number of nitro benzene ring substituents is 1. The first kappa shape index (κ1) is 14.8. The highest BCUT2D eigenvalue weighted by molar-refractivity contribution is 5.69. The number of rotatable bonds is 6. The molecule has 3 aromatic rings. The van der Waals surface area contributed by atoms with E-state index in [0.717, 1.165) is 0 Å². The average molecular weight is 314 g/mol. The molecule has 2 aromatic heterocycles. The van der Waals surface area contributed by atoms with Crippen molar-refractivity contribution in [2.45, 2.75) is 19.9 Å². The van der Waals surface area contributed by atoms with Gasteiger partial charge in [0.05, 0.1) is 17.7 Å². The molecular formula is C15H14N4O4. The highest BCUT2D eigenvalue weighted by Crippen LogP contribution is 2.30. The lowest BCUT2D eigenvalue weighted by molar-refractivity contribution is -0.383. The van der Waals surface area contributed by atoms with Crippen LogP contribution < -0.4 is 5.32 Å². The molecule has 0 spiro atoms. The van der Waals surface area contributed by atoms with Gasteiger partial charge in [-0.3, -0.25) is 10.1 Å². The minimum atomic E-state index is -0.453. The van der Waals surface area contributed by atoms with Gasteiger partial charge in [-0.15, -0.1) is 0 Å². The Morgan fingerprint density at radius 2 is 2.22 bits per heavy atom. The Kier molecular flexibility index (Phi) is 4.05. The van der Waals surface area contributed by atoms with Crippen LogP contribution in [0.3, 0.4) is 0 Å². The molecule has 0 amide bonds. The second-order valence-corrected chi connectivity index (χ2v) is 4.79. The number of nitrogens with zero attached hydrogens (tertiary/aromatic N) is 3. The number of aromatic nitrogens is 2. The highest BCUT2D eigenvalue weighted by atomic mass is 16.6. The Bertz CT molecular complexity index is 811. The second kappa shape index (κ2) is 6.30. The molecule has 0 fully saturated rings. The summed E-state index contributed by atoms with van der Waals surface area (Å²) in [6.07, 6.45) is 2.18. The van der Waals surface area contributed by atoms with Crippen molar-refractivity contribution in [3.63, 3.8) is 0 Å². The molecule has 0 saturated carbocycles. The summed E-state index contributed by atoms with van der Waals surface area (Å²) in [4.78, 5) is 15.0. The van der Waals surface area contributed by atoms with E-state index in [-0.39, 0.29) is 11.6 Å². The van der Waals surface area contributed by atoms with Crippen LogP contribution in [0.1, 0.15) is 18.5 Å². The average Bonchev–Trinajstić information content (AvgIpc) is 3.24. The third-order valence-electron chi connectivity index (χ3n) is 3.26. The molecule has 0 radical (unpaired) electrons. The van der Waals surface area contributed by atoms with Crippen molar-refractivity contribution in [1.29, 1.82) is 0 Å². The lowest BCUT2D eigenvalue weighted by atomic mass is 10.1. The third-order valence-corrected chi connectivity index (χ3v) is 3.26. The molecule has 0 aliphatic rings. The summed E-state index contributed by atoms with van der Waals surface area (Å²) < 4.78 is 10.3. The Morgan fingerprint density at radius 1 is 1.35 bits per heavy atom. The third kappa shape index (κ3) is 3.20. The summed E-state index contributed by atoms with van der Waals surface area (Å²) in [6, 6.07) is 8.28. The summed E-state index contributed by atoms with van der Waals surface area (Å²) >= 11 is 0. The van der Waals surface area contributed by atoms with Gasteiger partial charge < -0.3 is 14.3 Å². The van der Waals surface area contributed by atoms with E-state index in [1.807, 2.05) is 6.92 Å². The van der Waals surface area contributed by atoms with Crippen LogP contribution in [0.2, 0.25) is 0 Å². The van der Waals surface area contributed by atoms with Crippen molar-refractivity contribution in [3.05, 3.63) is 58.3 Å². The summed E-state index contributed by atoms with van der Waals surface area (Å²) in [5, 5.41) is 18.1. The van der Waals surface area contributed by atoms with Gasteiger partial charge in [-0.05, 0) is 24.3 Å². The fraction of sp³-hybridized carbons (Fsp3) is 0.200. The number of nitrogens with one attached hydrogen (secondary N) is 1. The first-order valence-corrected chi connectivity index (χ1v) is 7.05. The molecule has 0 saturated heterocycles. The van der Waals surface area contributed by atoms with Gasteiger partial charge in [-0.2, -0.15) is 4.98 Å². The molecule has 3 rings (SSSR count). The number of furan rings is 1. The van der Waals surface area contributed by atoms with E-state index in [1.165, 1.54) is 6.07 Å². The van der Waals surface area contributed by atoms with Gasteiger partial charge in [-0.25, -0.2) is 0 Å². The van der Waals surface area contributed by atoms with Crippen LogP contribution in [0.4, 0.5) is 11.4 Å². The topological polar surface area (TPSA) is 107 Å². The van der Waals surface area contributed by atoms with Crippen LogP contribution in [0.25, 0.3) is 11.5 Å². The summed E-state index contributed by atoms with van der Waals surface area (Å²) in [5.41, 5.74) is 0.836. The quantitative estimate of drug-likeness (QED) is 0.548. The molecule has 23 heavy (non-hydrogen) atoms. The Hall–Kier alpha value is -3.16. The number of aryl methyl sites for hydroxylation is 1. The maximum Gasteiger partial charge on any atom is 0.293 e. The molecular weight excluding hydrogens is 300 g/mol. The fourth-order valence-corrected chi connectivity index (χ4v) is 2.08. The summed E-state index contributed by atoms with van der Waals surface area (Å²) in [7, 11) is 0. The number of benzene rings is 1. The maximum absolute atomic E-state index is 11.3. The van der Waals surface area contributed by atoms with Crippen molar-refractivity contribution in [2.75, 3.05) is 5.32 Å². The molecule has 0 aliphatic heterocycles. The van der Waals surface area contributed by atoms with E-state index in [0.29, 0.717) is 35.8 Å². The predicted molar refractivity (Wildman–Crippen MR) is 81.8 cm³/mol. The number of nitro groups is 1. The SMILES string of the molecule is CCc1noc(-c2ccc(NCc3ccco3)c([N+](=O)[O-])c2)n1. The molecule has 0 unspecified atom stereocenters. The van der Waals surface area contributed by atoms with Gasteiger partial charge in [0.2, 0.25) is 0 Å². The van der Waals surface area contributed by atoms with Gasteiger partial charge in [0.1, 0.15) is 11.4 Å². The lowest BCUT2D eigenvalue weighted by Gasteiger charge is -2.06. The Labute approximate surface area is 131 Å². The zero-order valence-electron chi connectivity index (χ0n) is 12.4. The summed E-state index contributed by atoms with van der Waals surface area (Å²) in [5.74, 6) is 1.51. The van der Waals surface area contributed by atoms with Gasteiger partial charge >= 0.3 is 0 Å². The van der Waals surface area contributed by atoms with Gasteiger partial charge in [0, 0.05) is 18.1 Å². The molecule has 0 aliphatic carbocycles. The second-order valence-electron chi connectivity index (χ2n) is 4.79. The molecule has 0 bridgehead atoms. The van der Waals surface area contributed by atoms with Crippen LogP contribution in [0, 0.1) is 10.1 Å². The minimum absolute atomic E-state index is 0.0645. The largest absolute Gasteiger partial charge is 0.467 e. The van der Waals surface area contributed by atoms with Crippen molar-refractivity contribution < 1.29 is 13.9 Å². The standard InChI is InChI=1S/C15H14N4O4/c1-2-14-17-15(23-18-14)10-5-6-12(13(8-10)19(20)21)16-9-11-4-3-7-22-11/h3-8,16H,2,9H2,1H3. The van der Waals surface area contributed by atoms with E-state index in [4.69, 9.17) is 8.94 Å². The van der Waals surface area contributed by atoms with Crippen LogP contribution in [-0.2, 0) is 13.0 Å². The molecule has 0 atom stereocenters. The van der Waals surface area contributed by atoms with E-state index in [2.05, 4.69) is 15.5 Å². The van der Waals surface area contributed by atoms with E-state index in [9.17, 15) is 10.1 Å². The predicted octanol–water partition coefficient (Wildman–Crippen LogP) is 3.41. The van der Waals surface area contributed by atoms with E-state index in [1.54, 1.807) is 30.5 Å². The van der Waals surface area contributed by atoms with Gasteiger partial charge in [-0.1, -0.05) is 12.1 Å². The lowest BCUT2D eigenvalue weighted by Crippen LogP contribution is -2.02. The molecule has 118 valence electrons. The zero-order valence-corrected chi connectivity index (χ0v) is 12.4. The molecule has 2 heterocycles. The van der Waals surface area contributed by atoms with E-state index >= 15 is 0 Å². The van der Waals surface area contributed by atoms with Crippen LogP contribution in [0.15, 0.2) is 45.5 Å². The van der Waals surface area contributed by atoms with Gasteiger partial charge in [0.25, 0.3) is 11.6 Å². The molecule has 8 nitrogen and oxygen atoms in total. The van der Waals surface area contributed by atoms with Crippen LogP contribution in [-0.4, -0.2) is 15.1 Å². The monoisotopic (exact) mass is 314 g/mol. The smallest absolute Gasteiger partial charge is 0.293 e. The highest BCUT2D eigenvalue weighted by Gasteiger charge is 2.18. The maximum atomic E-state index is 11.3. The minimum Gasteiger partial charge on any atom is -0.467 e. The van der Waals surface area contributed by atoms with E-state index < -0.39 is 4.92 Å². The molecule has 1 N–H and O–H groups in total.